The van der Waals surface area contributed by atoms with E-state index >= 15 is 0 Å². The van der Waals surface area contributed by atoms with Crippen LogP contribution in [0.15, 0.2) is 35.7 Å². The molecule has 1 heterocycles. The first-order valence-electron chi connectivity index (χ1n) is 6.95. The Balaban J connectivity index is 2.30. The third-order valence-corrected chi connectivity index (χ3v) is 4.34. The van der Waals surface area contributed by atoms with Crippen molar-refractivity contribution >= 4 is 11.3 Å². The number of rotatable bonds is 6. The summed E-state index contributed by atoms with van der Waals surface area (Å²) in [4.78, 5) is 3.37. The second kappa shape index (κ2) is 7.11. The summed E-state index contributed by atoms with van der Waals surface area (Å²) < 4.78 is 26.9. The molecule has 0 saturated heterocycles. The van der Waals surface area contributed by atoms with Crippen molar-refractivity contribution < 1.29 is 8.78 Å². The highest BCUT2D eigenvalue weighted by Crippen LogP contribution is 2.27. The van der Waals surface area contributed by atoms with Gasteiger partial charge in [0.15, 0.2) is 0 Å². The summed E-state index contributed by atoms with van der Waals surface area (Å²) in [5.41, 5.74) is 6.47. The molecule has 2 rings (SSSR count). The number of nitrogens with two attached hydrogens (primary N) is 1. The molecule has 0 saturated carbocycles. The molecular weight excluding hydrogens is 290 g/mol. The van der Waals surface area contributed by atoms with Gasteiger partial charge in [0.25, 0.3) is 0 Å². The topological polar surface area (TPSA) is 29.3 Å². The van der Waals surface area contributed by atoms with Gasteiger partial charge in [-0.05, 0) is 43.0 Å². The van der Waals surface area contributed by atoms with E-state index in [0.717, 1.165) is 12.6 Å². The summed E-state index contributed by atoms with van der Waals surface area (Å²) in [5.74, 6) is -1.13. The molecule has 21 heavy (non-hydrogen) atoms. The third-order valence-electron chi connectivity index (χ3n) is 3.48. The van der Waals surface area contributed by atoms with Gasteiger partial charge in [-0.1, -0.05) is 6.07 Å². The van der Waals surface area contributed by atoms with E-state index in [1.54, 1.807) is 11.3 Å². The van der Waals surface area contributed by atoms with Gasteiger partial charge in [0.1, 0.15) is 11.6 Å². The Hall–Kier alpha value is -1.30. The fourth-order valence-corrected chi connectivity index (χ4v) is 3.18. The van der Waals surface area contributed by atoms with Crippen LogP contribution >= 0.6 is 11.3 Å². The summed E-state index contributed by atoms with van der Waals surface area (Å²) in [6, 6.07) is 7.67. The van der Waals surface area contributed by atoms with E-state index in [9.17, 15) is 8.78 Å². The van der Waals surface area contributed by atoms with Crippen LogP contribution in [-0.4, -0.2) is 17.5 Å². The molecule has 0 aliphatic carbocycles. The molecule has 1 unspecified atom stereocenters. The van der Waals surface area contributed by atoms with E-state index in [0.29, 0.717) is 12.1 Å². The van der Waals surface area contributed by atoms with E-state index in [4.69, 9.17) is 5.73 Å². The molecule has 0 bridgehead atoms. The normalized spacial score (nSPS) is 13.1. The van der Waals surface area contributed by atoms with Crippen LogP contribution < -0.4 is 5.73 Å². The lowest BCUT2D eigenvalue weighted by molar-refractivity contribution is 0.149. The molecule has 0 aliphatic heterocycles. The zero-order valence-corrected chi connectivity index (χ0v) is 13.0. The van der Waals surface area contributed by atoms with Crippen molar-refractivity contribution in [3.05, 3.63) is 57.8 Å². The third kappa shape index (κ3) is 4.09. The quantitative estimate of drug-likeness (QED) is 0.876. The van der Waals surface area contributed by atoms with Crippen LogP contribution in [0.2, 0.25) is 0 Å². The molecule has 0 aliphatic rings. The molecule has 114 valence electrons. The van der Waals surface area contributed by atoms with E-state index in [2.05, 4.69) is 24.8 Å². The van der Waals surface area contributed by atoms with Crippen molar-refractivity contribution in [1.29, 1.82) is 0 Å². The first kappa shape index (κ1) is 16.1. The highest BCUT2D eigenvalue weighted by atomic mass is 32.1. The predicted octanol–water partition coefficient (Wildman–Crippen LogP) is 3.94. The molecule has 0 fully saturated rings. The van der Waals surface area contributed by atoms with Crippen molar-refractivity contribution in [2.75, 3.05) is 6.54 Å². The number of nitrogens with zero attached hydrogens (tertiary/aromatic N) is 1. The van der Waals surface area contributed by atoms with Crippen LogP contribution in [0.5, 0.6) is 0 Å². The van der Waals surface area contributed by atoms with Crippen molar-refractivity contribution in [2.45, 2.75) is 32.5 Å². The number of hydrogen-bond donors (Lipinski definition) is 1. The second-order valence-corrected chi connectivity index (χ2v) is 6.33. The molecule has 1 atom stereocenters. The van der Waals surface area contributed by atoms with Gasteiger partial charge in [-0.25, -0.2) is 8.78 Å². The Labute approximate surface area is 128 Å². The molecule has 2 nitrogen and oxygen atoms in total. The first-order chi connectivity index (χ1) is 10.0. The summed E-state index contributed by atoms with van der Waals surface area (Å²) >= 11 is 1.67. The van der Waals surface area contributed by atoms with Crippen LogP contribution in [0.4, 0.5) is 8.78 Å². The molecule has 0 spiro atoms. The van der Waals surface area contributed by atoms with E-state index in [1.807, 2.05) is 11.4 Å². The zero-order valence-electron chi connectivity index (χ0n) is 12.2. The number of benzene rings is 1. The van der Waals surface area contributed by atoms with Crippen LogP contribution in [0, 0.1) is 11.6 Å². The summed E-state index contributed by atoms with van der Waals surface area (Å²) in [6.07, 6.45) is 0. The lowest BCUT2D eigenvalue weighted by Gasteiger charge is -2.34. The predicted molar refractivity (Wildman–Crippen MR) is 83.2 cm³/mol. The van der Waals surface area contributed by atoms with Gasteiger partial charge in [-0.3, -0.25) is 4.90 Å². The van der Waals surface area contributed by atoms with Crippen LogP contribution in [-0.2, 0) is 6.54 Å². The minimum absolute atomic E-state index is 0.211. The lowest BCUT2D eigenvalue weighted by atomic mass is 10.0. The van der Waals surface area contributed by atoms with Gasteiger partial charge in [0.05, 0.1) is 0 Å². The average Bonchev–Trinajstić information content (AvgIpc) is 2.90. The molecular formula is C16H20F2N2S. The van der Waals surface area contributed by atoms with E-state index in [1.165, 1.54) is 17.0 Å². The molecule has 0 amide bonds. The minimum Gasteiger partial charge on any atom is -0.329 e. The Bertz CT molecular complexity index is 549. The Morgan fingerprint density at radius 1 is 1.19 bits per heavy atom. The molecule has 2 N–H and O–H groups in total. The van der Waals surface area contributed by atoms with Gasteiger partial charge in [-0.2, -0.15) is 0 Å². The fourth-order valence-electron chi connectivity index (χ4n) is 2.47. The van der Waals surface area contributed by atoms with Crippen molar-refractivity contribution in [3.8, 4) is 0 Å². The van der Waals surface area contributed by atoms with Crippen LogP contribution in [0.25, 0.3) is 0 Å². The molecule has 2 aromatic rings. The smallest absolute Gasteiger partial charge is 0.126 e. The molecule has 1 aromatic heterocycles. The maximum Gasteiger partial charge on any atom is 0.126 e. The number of hydrogen-bond acceptors (Lipinski definition) is 3. The van der Waals surface area contributed by atoms with Gasteiger partial charge < -0.3 is 5.73 Å². The lowest BCUT2D eigenvalue weighted by Crippen LogP contribution is -2.38. The zero-order chi connectivity index (χ0) is 15.4. The van der Waals surface area contributed by atoms with Gasteiger partial charge in [-0.15, -0.1) is 11.3 Å². The van der Waals surface area contributed by atoms with E-state index < -0.39 is 11.6 Å². The average molecular weight is 310 g/mol. The number of thiophene rings is 1. The Morgan fingerprint density at radius 2 is 1.86 bits per heavy atom. The largest absolute Gasteiger partial charge is 0.329 e. The van der Waals surface area contributed by atoms with Crippen molar-refractivity contribution in [3.63, 3.8) is 0 Å². The van der Waals surface area contributed by atoms with Gasteiger partial charge >= 0.3 is 0 Å². The maximum atomic E-state index is 13.5. The Morgan fingerprint density at radius 3 is 2.33 bits per heavy atom. The minimum atomic E-state index is -0.566. The summed E-state index contributed by atoms with van der Waals surface area (Å²) in [6.45, 7) is 5.15. The van der Waals surface area contributed by atoms with Crippen LogP contribution in [0.3, 0.4) is 0 Å². The SMILES string of the molecule is CC(C)N(Cc1cccs1)C(CN)c1cc(F)cc(F)c1. The van der Waals surface area contributed by atoms with Crippen molar-refractivity contribution in [2.24, 2.45) is 5.73 Å². The molecule has 5 heteroatoms. The summed E-state index contributed by atoms with van der Waals surface area (Å²) in [7, 11) is 0. The van der Waals surface area contributed by atoms with Gasteiger partial charge in [0, 0.05) is 36.1 Å². The highest BCUT2D eigenvalue weighted by Gasteiger charge is 2.23. The molecule has 0 radical (unpaired) electrons. The van der Waals surface area contributed by atoms with Crippen molar-refractivity contribution in [1.82, 2.24) is 4.90 Å². The monoisotopic (exact) mass is 310 g/mol. The standard InChI is InChI=1S/C16H20F2N2S/c1-11(2)20(10-15-4-3-5-21-15)16(9-19)12-6-13(17)8-14(18)7-12/h3-8,11,16H,9-10,19H2,1-2H3. The van der Waals surface area contributed by atoms with Crippen LogP contribution in [0.1, 0.15) is 30.3 Å². The summed E-state index contributed by atoms with van der Waals surface area (Å²) in [5, 5.41) is 2.02. The second-order valence-electron chi connectivity index (χ2n) is 5.30. The first-order valence-corrected chi connectivity index (χ1v) is 7.83. The number of halogens is 2. The Kier molecular flexibility index (Phi) is 5.45. The van der Waals surface area contributed by atoms with Gasteiger partial charge in [0.2, 0.25) is 0 Å². The van der Waals surface area contributed by atoms with E-state index in [-0.39, 0.29) is 12.1 Å². The maximum absolute atomic E-state index is 13.5. The fraction of sp³-hybridized carbons (Fsp3) is 0.375. The molecule has 1 aromatic carbocycles. The highest BCUT2D eigenvalue weighted by molar-refractivity contribution is 7.09.